The summed E-state index contributed by atoms with van der Waals surface area (Å²) in [4.78, 5) is 16.3. The SMILES string of the molecule is Cc1ccc(CNC(CC(C)C)C(=O)N(C)C)s1. The van der Waals surface area contributed by atoms with Crippen LogP contribution >= 0.6 is 11.3 Å². The van der Waals surface area contributed by atoms with Crippen molar-refractivity contribution >= 4 is 17.2 Å². The molecule has 1 aromatic rings. The quantitative estimate of drug-likeness (QED) is 0.860. The number of thiophene rings is 1. The minimum Gasteiger partial charge on any atom is -0.347 e. The minimum absolute atomic E-state index is 0.0811. The normalized spacial score (nSPS) is 12.8. The summed E-state index contributed by atoms with van der Waals surface area (Å²) < 4.78 is 0. The van der Waals surface area contributed by atoms with Crippen molar-refractivity contribution in [3.63, 3.8) is 0 Å². The van der Waals surface area contributed by atoms with Crippen LogP contribution in [-0.2, 0) is 11.3 Å². The molecule has 0 radical (unpaired) electrons. The topological polar surface area (TPSA) is 32.3 Å². The Kier molecular flexibility index (Phi) is 5.82. The standard InChI is InChI=1S/C14H24N2OS/c1-10(2)8-13(14(17)16(4)5)15-9-12-7-6-11(3)18-12/h6-7,10,13,15H,8-9H2,1-5H3. The highest BCUT2D eigenvalue weighted by Crippen LogP contribution is 2.15. The van der Waals surface area contributed by atoms with Gasteiger partial charge >= 0.3 is 0 Å². The van der Waals surface area contributed by atoms with Crippen molar-refractivity contribution in [1.82, 2.24) is 10.2 Å². The fraction of sp³-hybridized carbons (Fsp3) is 0.643. The first kappa shape index (κ1) is 15.2. The molecule has 0 saturated carbocycles. The summed E-state index contributed by atoms with van der Waals surface area (Å²) >= 11 is 1.78. The van der Waals surface area contributed by atoms with Gasteiger partial charge in [-0.1, -0.05) is 13.8 Å². The molecule has 1 amide bonds. The number of amides is 1. The first-order chi connectivity index (χ1) is 8.40. The summed E-state index contributed by atoms with van der Waals surface area (Å²) in [6.45, 7) is 7.17. The van der Waals surface area contributed by atoms with E-state index < -0.39 is 0 Å². The van der Waals surface area contributed by atoms with E-state index in [0.717, 1.165) is 13.0 Å². The number of hydrogen-bond acceptors (Lipinski definition) is 3. The number of carbonyl (C=O) groups is 1. The van der Waals surface area contributed by atoms with Crippen LogP contribution in [0.4, 0.5) is 0 Å². The van der Waals surface area contributed by atoms with E-state index in [0.29, 0.717) is 5.92 Å². The molecule has 0 bridgehead atoms. The lowest BCUT2D eigenvalue weighted by molar-refractivity contribution is -0.131. The predicted molar refractivity (Wildman–Crippen MR) is 77.8 cm³/mol. The molecule has 1 unspecified atom stereocenters. The number of nitrogens with zero attached hydrogens (tertiary/aromatic N) is 1. The van der Waals surface area contributed by atoms with Crippen molar-refractivity contribution in [2.24, 2.45) is 5.92 Å². The molecule has 0 fully saturated rings. The number of nitrogens with one attached hydrogen (secondary N) is 1. The van der Waals surface area contributed by atoms with Crippen LogP contribution in [0.3, 0.4) is 0 Å². The second kappa shape index (κ2) is 6.90. The zero-order chi connectivity index (χ0) is 13.7. The Morgan fingerprint density at radius 3 is 2.50 bits per heavy atom. The Morgan fingerprint density at radius 2 is 2.06 bits per heavy atom. The average Bonchev–Trinajstić information content (AvgIpc) is 2.68. The van der Waals surface area contributed by atoms with Gasteiger partial charge in [0.05, 0.1) is 6.04 Å². The number of likely N-dealkylation sites (N-methyl/N-ethyl adjacent to an activating group) is 1. The first-order valence-corrected chi connectivity index (χ1v) is 7.21. The Labute approximate surface area is 114 Å². The van der Waals surface area contributed by atoms with Crippen molar-refractivity contribution in [1.29, 1.82) is 0 Å². The summed E-state index contributed by atoms with van der Waals surface area (Å²) in [5, 5.41) is 3.38. The molecule has 0 aliphatic heterocycles. The Hall–Kier alpha value is -0.870. The van der Waals surface area contributed by atoms with E-state index in [9.17, 15) is 4.79 Å². The van der Waals surface area contributed by atoms with Crippen molar-refractivity contribution in [3.8, 4) is 0 Å². The van der Waals surface area contributed by atoms with Crippen LogP contribution in [-0.4, -0.2) is 30.9 Å². The molecule has 0 aliphatic rings. The van der Waals surface area contributed by atoms with Crippen LogP contribution in [0.15, 0.2) is 12.1 Å². The molecule has 0 aliphatic carbocycles. The third-order valence-corrected chi connectivity index (χ3v) is 3.77. The van der Waals surface area contributed by atoms with E-state index in [1.807, 2.05) is 14.1 Å². The van der Waals surface area contributed by atoms with Crippen LogP contribution < -0.4 is 5.32 Å². The van der Waals surface area contributed by atoms with Gasteiger partial charge in [-0.2, -0.15) is 0 Å². The summed E-state index contributed by atoms with van der Waals surface area (Å²) in [5.74, 6) is 0.674. The monoisotopic (exact) mass is 268 g/mol. The fourth-order valence-corrected chi connectivity index (χ4v) is 2.70. The Balaban J connectivity index is 2.58. The summed E-state index contributed by atoms with van der Waals surface area (Å²) in [6.07, 6.45) is 0.876. The number of carbonyl (C=O) groups excluding carboxylic acids is 1. The number of rotatable bonds is 6. The fourth-order valence-electron chi connectivity index (χ4n) is 1.86. The third-order valence-electron chi connectivity index (χ3n) is 2.76. The van der Waals surface area contributed by atoms with Gasteiger partial charge < -0.3 is 10.2 Å². The minimum atomic E-state index is -0.0811. The maximum atomic E-state index is 12.1. The zero-order valence-corrected chi connectivity index (χ0v) is 12.8. The molecule has 1 heterocycles. The van der Waals surface area contributed by atoms with Gasteiger partial charge in [0.2, 0.25) is 5.91 Å². The van der Waals surface area contributed by atoms with Crippen LogP contribution in [0, 0.1) is 12.8 Å². The molecule has 3 nitrogen and oxygen atoms in total. The van der Waals surface area contributed by atoms with Gasteiger partial charge in [-0.3, -0.25) is 4.79 Å². The van der Waals surface area contributed by atoms with Crippen LogP contribution in [0.1, 0.15) is 30.0 Å². The smallest absolute Gasteiger partial charge is 0.239 e. The highest BCUT2D eigenvalue weighted by molar-refractivity contribution is 7.11. The molecule has 1 aromatic heterocycles. The van der Waals surface area contributed by atoms with Crippen molar-refractivity contribution in [2.45, 2.75) is 39.8 Å². The van der Waals surface area contributed by atoms with E-state index in [1.54, 1.807) is 16.2 Å². The third kappa shape index (κ3) is 4.78. The van der Waals surface area contributed by atoms with Gasteiger partial charge in [-0.25, -0.2) is 0 Å². The van der Waals surface area contributed by atoms with Crippen LogP contribution in [0.5, 0.6) is 0 Å². The van der Waals surface area contributed by atoms with Crippen molar-refractivity contribution < 1.29 is 4.79 Å². The molecule has 1 atom stereocenters. The maximum Gasteiger partial charge on any atom is 0.239 e. The summed E-state index contributed by atoms with van der Waals surface area (Å²) in [6, 6.07) is 4.16. The zero-order valence-electron chi connectivity index (χ0n) is 12.0. The van der Waals surface area contributed by atoms with Crippen molar-refractivity contribution in [3.05, 3.63) is 21.9 Å². The largest absolute Gasteiger partial charge is 0.347 e. The lowest BCUT2D eigenvalue weighted by Crippen LogP contribution is -2.44. The van der Waals surface area contributed by atoms with E-state index in [1.165, 1.54) is 9.75 Å². The van der Waals surface area contributed by atoms with Gasteiger partial charge in [-0.05, 0) is 31.4 Å². The molecule has 0 saturated heterocycles. The average molecular weight is 268 g/mol. The van der Waals surface area contributed by atoms with Gasteiger partial charge in [0, 0.05) is 30.4 Å². The number of hydrogen-bond donors (Lipinski definition) is 1. The number of aryl methyl sites for hydroxylation is 1. The Bertz CT molecular complexity index is 385. The molecule has 4 heteroatoms. The Morgan fingerprint density at radius 1 is 1.39 bits per heavy atom. The second-order valence-electron chi connectivity index (χ2n) is 5.31. The summed E-state index contributed by atoms with van der Waals surface area (Å²) in [5.41, 5.74) is 0. The maximum absolute atomic E-state index is 12.1. The van der Waals surface area contributed by atoms with Gasteiger partial charge in [0.15, 0.2) is 0 Å². The molecule has 18 heavy (non-hydrogen) atoms. The highest BCUT2D eigenvalue weighted by atomic mass is 32.1. The van der Waals surface area contributed by atoms with Crippen LogP contribution in [0.25, 0.3) is 0 Å². The first-order valence-electron chi connectivity index (χ1n) is 6.40. The summed E-state index contributed by atoms with van der Waals surface area (Å²) in [7, 11) is 3.62. The molecule has 1 rings (SSSR count). The highest BCUT2D eigenvalue weighted by Gasteiger charge is 2.20. The van der Waals surface area contributed by atoms with E-state index in [-0.39, 0.29) is 11.9 Å². The van der Waals surface area contributed by atoms with Crippen molar-refractivity contribution in [2.75, 3.05) is 14.1 Å². The van der Waals surface area contributed by atoms with Gasteiger partial charge in [-0.15, -0.1) is 11.3 Å². The molecule has 0 spiro atoms. The van der Waals surface area contributed by atoms with E-state index >= 15 is 0 Å². The lowest BCUT2D eigenvalue weighted by Gasteiger charge is -2.23. The molecule has 102 valence electrons. The van der Waals surface area contributed by atoms with Gasteiger partial charge in [0.1, 0.15) is 0 Å². The van der Waals surface area contributed by atoms with Gasteiger partial charge in [0.25, 0.3) is 0 Å². The molecular weight excluding hydrogens is 244 g/mol. The van der Waals surface area contributed by atoms with Crippen LogP contribution in [0.2, 0.25) is 0 Å². The van der Waals surface area contributed by atoms with E-state index in [2.05, 4.69) is 38.2 Å². The molecule has 1 N–H and O–H groups in total. The molecule has 0 aromatic carbocycles. The molecular formula is C14H24N2OS. The lowest BCUT2D eigenvalue weighted by atomic mass is 10.0. The second-order valence-corrected chi connectivity index (χ2v) is 6.68. The predicted octanol–water partition coefficient (Wildman–Crippen LogP) is 2.65. The van der Waals surface area contributed by atoms with E-state index in [4.69, 9.17) is 0 Å².